The van der Waals surface area contributed by atoms with E-state index >= 15 is 0 Å². The van der Waals surface area contributed by atoms with E-state index in [4.69, 9.17) is 4.74 Å². The van der Waals surface area contributed by atoms with Crippen LogP contribution in [0.25, 0.3) is 0 Å². The number of nitrogens with zero attached hydrogens (tertiary/aromatic N) is 1. The van der Waals surface area contributed by atoms with Crippen molar-refractivity contribution in [3.05, 3.63) is 35.6 Å². The molecule has 0 aromatic heterocycles. The molecule has 0 amide bonds. The monoisotopic (exact) mass is 253 g/mol. The lowest BCUT2D eigenvalue weighted by molar-refractivity contribution is -0.146. The van der Waals surface area contributed by atoms with Crippen molar-refractivity contribution in [1.82, 2.24) is 4.90 Å². The lowest BCUT2D eigenvalue weighted by Gasteiger charge is -2.21. The quantitative estimate of drug-likeness (QED) is 0.729. The summed E-state index contributed by atoms with van der Waals surface area (Å²) in [6.07, 6.45) is 0.750. The molecule has 0 bridgehead atoms. The molecule has 0 N–H and O–H groups in total. The summed E-state index contributed by atoms with van der Waals surface area (Å²) < 4.78 is 17.5. The predicted molar refractivity (Wildman–Crippen MR) is 68.5 cm³/mol. The minimum absolute atomic E-state index is 0.111. The van der Waals surface area contributed by atoms with Gasteiger partial charge in [-0.1, -0.05) is 19.1 Å². The van der Waals surface area contributed by atoms with E-state index in [0.29, 0.717) is 13.1 Å². The largest absolute Gasteiger partial charge is 0.469 e. The normalized spacial score (nSPS) is 12.5. The van der Waals surface area contributed by atoms with Crippen LogP contribution in [0.1, 0.15) is 18.9 Å². The van der Waals surface area contributed by atoms with Gasteiger partial charge in [-0.25, -0.2) is 4.39 Å². The molecule has 1 aromatic rings. The summed E-state index contributed by atoms with van der Waals surface area (Å²) in [6.45, 7) is 3.29. The van der Waals surface area contributed by atoms with Gasteiger partial charge in [-0.15, -0.1) is 0 Å². The Kier molecular flexibility index (Phi) is 5.78. The Bertz CT molecular complexity index is 378. The summed E-state index contributed by atoms with van der Waals surface area (Å²) in [6, 6.07) is 6.40. The maximum Gasteiger partial charge on any atom is 0.309 e. The highest BCUT2D eigenvalue weighted by molar-refractivity contribution is 5.72. The number of hydrogen-bond acceptors (Lipinski definition) is 3. The van der Waals surface area contributed by atoms with Crippen molar-refractivity contribution in [2.24, 2.45) is 5.92 Å². The number of rotatable bonds is 6. The van der Waals surface area contributed by atoms with Gasteiger partial charge in [0.2, 0.25) is 0 Å². The fourth-order valence-electron chi connectivity index (χ4n) is 1.88. The van der Waals surface area contributed by atoms with E-state index < -0.39 is 0 Å². The van der Waals surface area contributed by atoms with Gasteiger partial charge in [0.15, 0.2) is 0 Å². The summed E-state index contributed by atoms with van der Waals surface area (Å²) in [7, 11) is 3.35. The van der Waals surface area contributed by atoms with Gasteiger partial charge in [0.05, 0.1) is 13.0 Å². The van der Waals surface area contributed by atoms with Crippen LogP contribution in [0.3, 0.4) is 0 Å². The zero-order chi connectivity index (χ0) is 13.5. The molecule has 0 aliphatic carbocycles. The van der Waals surface area contributed by atoms with Gasteiger partial charge >= 0.3 is 5.97 Å². The summed E-state index contributed by atoms with van der Waals surface area (Å²) in [5, 5.41) is 0. The fraction of sp³-hybridized carbons (Fsp3) is 0.500. The van der Waals surface area contributed by atoms with E-state index in [1.54, 1.807) is 12.1 Å². The second-order valence-corrected chi connectivity index (χ2v) is 4.45. The van der Waals surface area contributed by atoms with Crippen molar-refractivity contribution in [3.8, 4) is 0 Å². The van der Waals surface area contributed by atoms with Crippen LogP contribution in [0, 0.1) is 11.7 Å². The van der Waals surface area contributed by atoms with Crippen LogP contribution < -0.4 is 0 Å². The maximum atomic E-state index is 12.8. The standard InChI is InChI=1S/C14H20FNO2/c1-4-12(14(17)18-3)10-16(2)9-11-5-7-13(15)8-6-11/h5-8,12H,4,9-10H2,1-3H3. The number of ether oxygens (including phenoxy) is 1. The fourth-order valence-corrected chi connectivity index (χ4v) is 1.88. The van der Waals surface area contributed by atoms with Crippen LogP contribution in [0.15, 0.2) is 24.3 Å². The first-order chi connectivity index (χ1) is 8.56. The molecule has 18 heavy (non-hydrogen) atoms. The van der Waals surface area contributed by atoms with Crippen molar-refractivity contribution >= 4 is 5.97 Å². The van der Waals surface area contributed by atoms with Crippen LogP contribution in [-0.2, 0) is 16.1 Å². The van der Waals surface area contributed by atoms with Crippen molar-refractivity contribution in [3.63, 3.8) is 0 Å². The molecule has 3 nitrogen and oxygen atoms in total. The van der Waals surface area contributed by atoms with Crippen LogP contribution in [-0.4, -0.2) is 31.6 Å². The second-order valence-electron chi connectivity index (χ2n) is 4.45. The third-order valence-electron chi connectivity index (χ3n) is 2.93. The lowest BCUT2D eigenvalue weighted by Crippen LogP contribution is -2.30. The Morgan fingerprint density at radius 1 is 1.39 bits per heavy atom. The molecule has 0 radical (unpaired) electrons. The van der Waals surface area contributed by atoms with Gasteiger partial charge in [0.1, 0.15) is 5.82 Å². The molecule has 0 saturated heterocycles. The Balaban J connectivity index is 2.52. The topological polar surface area (TPSA) is 29.5 Å². The van der Waals surface area contributed by atoms with Gasteiger partial charge in [0.25, 0.3) is 0 Å². The van der Waals surface area contributed by atoms with Gasteiger partial charge in [0, 0.05) is 13.1 Å². The summed E-state index contributed by atoms with van der Waals surface area (Å²) in [4.78, 5) is 13.5. The molecule has 0 aliphatic rings. The minimum atomic E-state index is -0.234. The van der Waals surface area contributed by atoms with E-state index in [0.717, 1.165) is 12.0 Å². The zero-order valence-corrected chi connectivity index (χ0v) is 11.1. The van der Waals surface area contributed by atoms with Crippen LogP contribution in [0.4, 0.5) is 4.39 Å². The van der Waals surface area contributed by atoms with Crippen molar-refractivity contribution in [2.75, 3.05) is 20.7 Å². The highest BCUT2D eigenvalue weighted by atomic mass is 19.1. The molecule has 0 saturated carbocycles. The molecule has 0 fully saturated rings. The van der Waals surface area contributed by atoms with Crippen molar-refractivity contribution in [1.29, 1.82) is 0 Å². The number of esters is 1. The molecule has 1 atom stereocenters. The number of carbonyl (C=O) groups is 1. The Labute approximate surface area is 108 Å². The number of hydrogen-bond donors (Lipinski definition) is 0. The smallest absolute Gasteiger partial charge is 0.309 e. The number of carbonyl (C=O) groups excluding carboxylic acids is 1. The van der Waals surface area contributed by atoms with Crippen LogP contribution in [0.2, 0.25) is 0 Å². The summed E-state index contributed by atoms with van der Waals surface area (Å²) in [5.41, 5.74) is 1.03. The first kappa shape index (κ1) is 14.6. The van der Waals surface area contributed by atoms with E-state index in [-0.39, 0.29) is 17.7 Å². The molecule has 4 heteroatoms. The summed E-state index contributed by atoms with van der Waals surface area (Å²) in [5.74, 6) is -0.522. The highest BCUT2D eigenvalue weighted by Gasteiger charge is 2.18. The summed E-state index contributed by atoms with van der Waals surface area (Å²) >= 11 is 0. The van der Waals surface area contributed by atoms with E-state index in [1.807, 2.05) is 18.9 Å². The molecule has 1 unspecified atom stereocenters. The van der Waals surface area contributed by atoms with E-state index in [2.05, 4.69) is 0 Å². The van der Waals surface area contributed by atoms with Crippen molar-refractivity contribution < 1.29 is 13.9 Å². The molecular weight excluding hydrogens is 233 g/mol. The average Bonchev–Trinajstić information content (AvgIpc) is 2.37. The van der Waals surface area contributed by atoms with Gasteiger partial charge < -0.3 is 9.64 Å². The minimum Gasteiger partial charge on any atom is -0.469 e. The van der Waals surface area contributed by atoms with Crippen LogP contribution >= 0.6 is 0 Å². The predicted octanol–water partition coefficient (Wildman–Crippen LogP) is 2.46. The molecular formula is C14H20FNO2. The molecule has 0 aliphatic heterocycles. The highest BCUT2D eigenvalue weighted by Crippen LogP contribution is 2.10. The Hall–Kier alpha value is -1.42. The van der Waals surface area contributed by atoms with Gasteiger partial charge in [-0.3, -0.25) is 4.79 Å². The molecule has 0 heterocycles. The maximum absolute atomic E-state index is 12.8. The van der Waals surface area contributed by atoms with Gasteiger partial charge in [-0.05, 0) is 31.2 Å². The van der Waals surface area contributed by atoms with E-state index in [1.165, 1.54) is 19.2 Å². The first-order valence-corrected chi connectivity index (χ1v) is 6.07. The number of halogens is 1. The van der Waals surface area contributed by atoms with E-state index in [9.17, 15) is 9.18 Å². The zero-order valence-electron chi connectivity index (χ0n) is 11.1. The third-order valence-corrected chi connectivity index (χ3v) is 2.93. The first-order valence-electron chi connectivity index (χ1n) is 6.07. The molecule has 100 valence electrons. The number of benzene rings is 1. The molecule has 1 rings (SSSR count). The second kappa shape index (κ2) is 7.11. The molecule has 1 aromatic carbocycles. The molecule has 0 spiro atoms. The third kappa shape index (κ3) is 4.45. The lowest BCUT2D eigenvalue weighted by atomic mass is 10.1. The number of methoxy groups -OCH3 is 1. The average molecular weight is 253 g/mol. The van der Waals surface area contributed by atoms with Gasteiger partial charge in [-0.2, -0.15) is 0 Å². The Morgan fingerprint density at radius 2 is 2.00 bits per heavy atom. The SMILES string of the molecule is CCC(CN(C)Cc1ccc(F)cc1)C(=O)OC. The van der Waals surface area contributed by atoms with Crippen LogP contribution in [0.5, 0.6) is 0 Å². The Morgan fingerprint density at radius 3 is 2.50 bits per heavy atom. The van der Waals surface area contributed by atoms with Crippen molar-refractivity contribution in [2.45, 2.75) is 19.9 Å².